The van der Waals surface area contributed by atoms with Crippen molar-refractivity contribution in [3.8, 4) is 23.5 Å². The molecule has 3 aromatic rings. The first-order chi connectivity index (χ1) is 10.6. The van der Waals surface area contributed by atoms with Crippen LogP contribution < -0.4 is 5.69 Å². The Morgan fingerprint density at radius 1 is 1.41 bits per heavy atom. The van der Waals surface area contributed by atoms with Crippen molar-refractivity contribution in [1.29, 1.82) is 0 Å². The van der Waals surface area contributed by atoms with Gasteiger partial charge in [0.25, 0.3) is 0 Å². The van der Waals surface area contributed by atoms with Crippen molar-refractivity contribution in [2.24, 2.45) is 0 Å². The van der Waals surface area contributed by atoms with Gasteiger partial charge in [-0.2, -0.15) is 9.61 Å². The molecule has 5 nitrogen and oxygen atoms in total. The van der Waals surface area contributed by atoms with E-state index in [2.05, 4.69) is 36.9 Å². The second-order valence-electron chi connectivity index (χ2n) is 4.54. The number of thioether (sulfide) groups is 1. The van der Waals surface area contributed by atoms with E-state index in [0.717, 1.165) is 21.3 Å². The van der Waals surface area contributed by atoms with E-state index in [1.807, 2.05) is 31.2 Å². The van der Waals surface area contributed by atoms with Crippen LogP contribution in [-0.4, -0.2) is 25.3 Å². The molecule has 0 aliphatic carbocycles. The Kier molecular flexibility index (Phi) is 4.05. The molecule has 22 heavy (non-hydrogen) atoms. The summed E-state index contributed by atoms with van der Waals surface area (Å²) in [5.74, 6) is 2.96. The quantitative estimate of drug-likeness (QED) is 0.565. The van der Waals surface area contributed by atoms with Crippen LogP contribution in [-0.2, 0) is 0 Å². The molecule has 2 aromatic heterocycles. The lowest BCUT2D eigenvalue weighted by Gasteiger charge is -2.02. The third-order valence-corrected chi connectivity index (χ3v) is 4.38. The number of rotatable bonds is 3. The average molecular weight is 375 g/mol. The molecule has 0 spiro atoms. The van der Waals surface area contributed by atoms with E-state index in [1.54, 1.807) is 0 Å². The maximum Gasteiger partial charge on any atom is 0.350 e. The largest absolute Gasteiger partial charge is 0.350 e. The van der Waals surface area contributed by atoms with Crippen molar-refractivity contribution in [1.82, 2.24) is 19.6 Å². The van der Waals surface area contributed by atoms with Gasteiger partial charge in [0.15, 0.2) is 10.8 Å². The number of fused-ring (bicyclic) bond motifs is 1. The van der Waals surface area contributed by atoms with Crippen molar-refractivity contribution in [3.63, 3.8) is 0 Å². The van der Waals surface area contributed by atoms with E-state index in [0.29, 0.717) is 16.6 Å². The van der Waals surface area contributed by atoms with Crippen LogP contribution in [0.1, 0.15) is 5.69 Å². The molecule has 1 aromatic carbocycles. The lowest BCUT2D eigenvalue weighted by atomic mass is 10.1. The summed E-state index contributed by atoms with van der Waals surface area (Å²) in [5, 5.41) is 4.78. The second-order valence-corrected chi connectivity index (χ2v) is 6.42. The number of nitrogens with zero attached hydrogens (tertiary/aromatic N) is 3. The summed E-state index contributed by atoms with van der Waals surface area (Å²) in [5.41, 5.74) is 2.77. The molecule has 0 radical (unpaired) electrons. The Hall–Kier alpha value is -2.04. The predicted octanol–water partition coefficient (Wildman–Crippen LogP) is 2.88. The number of halogens is 1. The summed E-state index contributed by atoms with van der Waals surface area (Å²) >= 11 is 4.73. The molecule has 0 fully saturated rings. The molecular weight excluding hydrogens is 364 g/mol. The molecule has 0 aliphatic rings. The van der Waals surface area contributed by atoms with Gasteiger partial charge in [0.1, 0.15) is 0 Å². The van der Waals surface area contributed by atoms with Crippen LogP contribution in [0, 0.1) is 19.3 Å². The summed E-state index contributed by atoms with van der Waals surface area (Å²) < 4.78 is 2.27. The number of nitrogens with one attached hydrogen (secondary N) is 1. The number of hydrogen-bond donors (Lipinski definition) is 1. The number of aromatic nitrogens is 4. The first-order valence-electron chi connectivity index (χ1n) is 6.42. The SMILES string of the molecule is C#CCSc1nc2c(-c3ccc(Br)cc3)c(C)nn2c(=O)[nH]1. The van der Waals surface area contributed by atoms with Crippen molar-refractivity contribution < 1.29 is 0 Å². The number of aryl methyl sites for hydroxylation is 1. The Balaban J connectivity index is 2.23. The van der Waals surface area contributed by atoms with Gasteiger partial charge in [0.05, 0.1) is 11.4 Å². The van der Waals surface area contributed by atoms with Crippen LogP contribution in [0.15, 0.2) is 38.7 Å². The first-order valence-corrected chi connectivity index (χ1v) is 8.20. The number of benzene rings is 1. The molecular formula is C15H11BrN4OS. The molecule has 110 valence electrons. The van der Waals surface area contributed by atoms with Gasteiger partial charge in [-0.3, -0.25) is 4.98 Å². The Bertz CT molecular complexity index is 937. The zero-order chi connectivity index (χ0) is 15.7. The van der Waals surface area contributed by atoms with Crippen LogP contribution >= 0.6 is 27.7 Å². The van der Waals surface area contributed by atoms with E-state index < -0.39 is 0 Å². The summed E-state index contributed by atoms with van der Waals surface area (Å²) in [6, 6.07) is 7.81. The van der Waals surface area contributed by atoms with Gasteiger partial charge in [-0.25, -0.2) is 9.78 Å². The zero-order valence-corrected chi connectivity index (χ0v) is 14.0. The molecule has 0 saturated heterocycles. The molecule has 0 bridgehead atoms. The van der Waals surface area contributed by atoms with Crippen LogP contribution in [0.3, 0.4) is 0 Å². The van der Waals surface area contributed by atoms with E-state index in [1.165, 1.54) is 16.3 Å². The first kappa shape index (κ1) is 14.9. The molecule has 0 atom stereocenters. The smallest absolute Gasteiger partial charge is 0.285 e. The van der Waals surface area contributed by atoms with Crippen molar-refractivity contribution >= 4 is 33.3 Å². The standard InChI is InChI=1S/C15H11BrN4OS/c1-3-8-22-14-17-13-12(10-4-6-11(16)7-5-10)9(2)19-20(13)15(21)18-14/h1,4-7H,8H2,2H3,(H,17,18,21). The molecule has 2 heterocycles. The average Bonchev–Trinajstić information content (AvgIpc) is 2.83. The fraction of sp³-hybridized carbons (Fsp3) is 0.133. The van der Waals surface area contributed by atoms with Gasteiger partial charge in [-0.05, 0) is 24.6 Å². The highest BCUT2D eigenvalue weighted by atomic mass is 79.9. The van der Waals surface area contributed by atoms with Crippen molar-refractivity contribution in [3.05, 3.63) is 44.9 Å². The van der Waals surface area contributed by atoms with Crippen molar-refractivity contribution in [2.75, 3.05) is 5.75 Å². The molecule has 7 heteroatoms. The van der Waals surface area contributed by atoms with E-state index >= 15 is 0 Å². The summed E-state index contributed by atoms with van der Waals surface area (Å²) in [7, 11) is 0. The van der Waals surface area contributed by atoms with Gasteiger partial charge in [-0.15, -0.1) is 6.42 Å². The Labute approximate surface area is 139 Å². The van der Waals surface area contributed by atoms with Gasteiger partial charge in [0, 0.05) is 10.0 Å². The third-order valence-electron chi connectivity index (χ3n) is 3.07. The topological polar surface area (TPSA) is 63.1 Å². The fourth-order valence-corrected chi connectivity index (χ4v) is 2.96. The molecule has 0 saturated carbocycles. The lowest BCUT2D eigenvalue weighted by Crippen LogP contribution is -2.19. The summed E-state index contributed by atoms with van der Waals surface area (Å²) in [4.78, 5) is 19.3. The Morgan fingerprint density at radius 2 is 2.14 bits per heavy atom. The minimum absolute atomic E-state index is 0.323. The Morgan fingerprint density at radius 3 is 2.82 bits per heavy atom. The number of H-pyrrole nitrogens is 1. The molecule has 0 aliphatic heterocycles. The second kappa shape index (κ2) is 5.99. The van der Waals surface area contributed by atoms with Crippen molar-refractivity contribution in [2.45, 2.75) is 12.1 Å². The van der Waals surface area contributed by atoms with Gasteiger partial charge in [-0.1, -0.05) is 45.7 Å². The molecule has 0 unspecified atom stereocenters. The van der Waals surface area contributed by atoms with E-state index in [4.69, 9.17) is 6.42 Å². The highest BCUT2D eigenvalue weighted by Gasteiger charge is 2.16. The maximum atomic E-state index is 12.1. The maximum absolute atomic E-state index is 12.1. The predicted molar refractivity (Wildman–Crippen MR) is 91.0 cm³/mol. The van der Waals surface area contributed by atoms with Crippen LogP contribution in [0.5, 0.6) is 0 Å². The molecule has 0 amide bonds. The van der Waals surface area contributed by atoms with Crippen LogP contribution in [0.4, 0.5) is 0 Å². The normalized spacial score (nSPS) is 10.8. The summed E-state index contributed by atoms with van der Waals surface area (Å²) in [6.45, 7) is 1.86. The van der Waals surface area contributed by atoms with Gasteiger partial charge in [0.2, 0.25) is 0 Å². The lowest BCUT2D eigenvalue weighted by molar-refractivity contribution is 0.780. The monoisotopic (exact) mass is 374 g/mol. The molecule has 1 N–H and O–H groups in total. The van der Waals surface area contributed by atoms with E-state index in [-0.39, 0.29) is 5.69 Å². The van der Waals surface area contributed by atoms with Gasteiger partial charge >= 0.3 is 5.69 Å². The number of terminal acetylenes is 1. The number of aromatic amines is 1. The van der Waals surface area contributed by atoms with Crippen LogP contribution in [0.2, 0.25) is 0 Å². The summed E-state index contributed by atoms with van der Waals surface area (Å²) in [6.07, 6.45) is 5.25. The minimum Gasteiger partial charge on any atom is -0.285 e. The van der Waals surface area contributed by atoms with E-state index in [9.17, 15) is 4.79 Å². The van der Waals surface area contributed by atoms with Gasteiger partial charge < -0.3 is 0 Å². The highest BCUT2D eigenvalue weighted by molar-refractivity contribution is 9.10. The number of hydrogen-bond acceptors (Lipinski definition) is 4. The minimum atomic E-state index is -0.323. The van der Waals surface area contributed by atoms with Crippen LogP contribution in [0.25, 0.3) is 16.8 Å². The zero-order valence-electron chi connectivity index (χ0n) is 11.6. The fourth-order valence-electron chi connectivity index (χ4n) is 2.16. The highest BCUT2D eigenvalue weighted by Crippen LogP contribution is 2.28. The third kappa shape index (κ3) is 2.67. The molecule has 3 rings (SSSR count).